The van der Waals surface area contributed by atoms with Gasteiger partial charge in [0.2, 0.25) is 0 Å². The molecular formula is C12H11NO3. The van der Waals surface area contributed by atoms with Crippen LogP contribution in [0.15, 0.2) is 41.1 Å². The fourth-order valence-corrected chi connectivity index (χ4v) is 1.52. The molecule has 0 atom stereocenters. The minimum Gasteiger partial charge on any atom is -0.481 e. The molecule has 0 amide bonds. The second kappa shape index (κ2) is 4.61. The standard InChI is InChI=1S/C12H11NO3/c14-12(15)7-6-11-10(8-13-16-11)9-4-2-1-3-5-9/h1-5,8H,6-7H2,(H,14,15). The predicted octanol–water partition coefficient (Wildman–Crippen LogP) is 2.36. The Hall–Kier alpha value is -2.10. The molecule has 0 aliphatic carbocycles. The normalized spacial score (nSPS) is 10.2. The van der Waals surface area contributed by atoms with Crippen molar-refractivity contribution in [1.82, 2.24) is 5.16 Å². The molecule has 16 heavy (non-hydrogen) atoms. The molecule has 0 saturated carbocycles. The van der Waals surface area contributed by atoms with E-state index in [4.69, 9.17) is 9.63 Å². The Morgan fingerprint density at radius 3 is 2.75 bits per heavy atom. The summed E-state index contributed by atoms with van der Waals surface area (Å²) in [7, 11) is 0. The lowest BCUT2D eigenvalue weighted by molar-refractivity contribution is -0.137. The van der Waals surface area contributed by atoms with E-state index in [1.807, 2.05) is 30.3 Å². The Labute approximate surface area is 92.5 Å². The van der Waals surface area contributed by atoms with E-state index in [1.54, 1.807) is 6.20 Å². The van der Waals surface area contributed by atoms with Crippen molar-refractivity contribution in [3.63, 3.8) is 0 Å². The van der Waals surface area contributed by atoms with Crippen LogP contribution in [-0.2, 0) is 11.2 Å². The topological polar surface area (TPSA) is 63.3 Å². The van der Waals surface area contributed by atoms with Crippen LogP contribution in [0.3, 0.4) is 0 Å². The molecule has 0 fully saturated rings. The number of aromatic nitrogens is 1. The maximum absolute atomic E-state index is 10.5. The van der Waals surface area contributed by atoms with Crippen LogP contribution < -0.4 is 0 Å². The number of nitrogens with zero attached hydrogens (tertiary/aromatic N) is 1. The fraction of sp³-hybridized carbons (Fsp3) is 0.167. The van der Waals surface area contributed by atoms with E-state index in [1.165, 1.54) is 0 Å². The first kappa shape index (κ1) is 10.4. The molecular weight excluding hydrogens is 206 g/mol. The minimum absolute atomic E-state index is 0.0506. The highest BCUT2D eigenvalue weighted by Crippen LogP contribution is 2.23. The number of hydrogen-bond donors (Lipinski definition) is 1. The van der Waals surface area contributed by atoms with Crippen molar-refractivity contribution in [1.29, 1.82) is 0 Å². The highest BCUT2D eigenvalue weighted by Gasteiger charge is 2.11. The fourth-order valence-electron chi connectivity index (χ4n) is 1.52. The zero-order chi connectivity index (χ0) is 11.4. The van der Waals surface area contributed by atoms with Gasteiger partial charge in [-0.3, -0.25) is 4.79 Å². The molecule has 4 heteroatoms. The molecule has 0 spiro atoms. The molecule has 2 rings (SSSR count). The van der Waals surface area contributed by atoms with Crippen molar-refractivity contribution in [2.75, 3.05) is 0 Å². The van der Waals surface area contributed by atoms with Crippen molar-refractivity contribution < 1.29 is 14.4 Å². The number of aliphatic carboxylic acids is 1. The number of rotatable bonds is 4. The van der Waals surface area contributed by atoms with Gasteiger partial charge in [-0.2, -0.15) is 0 Å². The van der Waals surface area contributed by atoms with Crippen molar-refractivity contribution in [2.45, 2.75) is 12.8 Å². The molecule has 0 aliphatic rings. The van der Waals surface area contributed by atoms with Crippen LogP contribution in [0.1, 0.15) is 12.2 Å². The van der Waals surface area contributed by atoms with E-state index in [2.05, 4.69) is 5.16 Å². The lowest BCUT2D eigenvalue weighted by Crippen LogP contribution is -1.97. The lowest BCUT2D eigenvalue weighted by atomic mass is 10.1. The molecule has 4 nitrogen and oxygen atoms in total. The van der Waals surface area contributed by atoms with Crippen LogP contribution in [0.2, 0.25) is 0 Å². The molecule has 1 aromatic heterocycles. The maximum Gasteiger partial charge on any atom is 0.303 e. The Bertz CT molecular complexity index is 476. The summed E-state index contributed by atoms with van der Waals surface area (Å²) >= 11 is 0. The van der Waals surface area contributed by atoms with Gasteiger partial charge in [-0.25, -0.2) is 0 Å². The third kappa shape index (κ3) is 2.28. The van der Waals surface area contributed by atoms with Gasteiger partial charge < -0.3 is 9.63 Å². The molecule has 1 N–H and O–H groups in total. The molecule has 2 aromatic rings. The van der Waals surface area contributed by atoms with Gasteiger partial charge in [-0.15, -0.1) is 0 Å². The van der Waals surface area contributed by atoms with Gasteiger partial charge >= 0.3 is 5.97 Å². The van der Waals surface area contributed by atoms with Gasteiger partial charge in [0, 0.05) is 12.0 Å². The number of carboxylic acid groups (broad SMARTS) is 1. The monoisotopic (exact) mass is 217 g/mol. The summed E-state index contributed by atoms with van der Waals surface area (Å²) in [5, 5.41) is 12.3. The first-order valence-electron chi connectivity index (χ1n) is 4.98. The van der Waals surface area contributed by atoms with Crippen molar-refractivity contribution in [3.8, 4) is 11.1 Å². The Morgan fingerprint density at radius 1 is 1.31 bits per heavy atom. The third-order valence-corrected chi connectivity index (χ3v) is 2.30. The SMILES string of the molecule is O=C(O)CCc1oncc1-c1ccccc1. The molecule has 82 valence electrons. The zero-order valence-corrected chi connectivity index (χ0v) is 8.59. The summed E-state index contributed by atoms with van der Waals surface area (Å²) in [6.45, 7) is 0. The maximum atomic E-state index is 10.5. The molecule has 0 radical (unpaired) electrons. The summed E-state index contributed by atoms with van der Waals surface area (Å²) in [5.74, 6) is -0.219. The summed E-state index contributed by atoms with van der Waals surface area (Å²) < 4.78 is 5.06. The average molecular weight is 217 g/mol. The summed E-state index contributed by atoms with van der Waals surface area (Å²) in [4.78, 5) is 10.5. The minimum atomic E-state index is -0.838. The van der Waals surface area contributed by atoms with Crippen LogP contribution in [-0.4, -0.2) is 16.2 Å². The molecule has 0 unspecified atom stereocenters. The Balaban J connectivity index is 2.23. The average Bonchev–Trinajstić information content (AvgIpc) is 2.75. The van der Waals surface area contributed by atoms with E-state index in [-0.39, 0.29) is 6.42 Å². The van der Waals surface area contributed by atoms with E-state index < -0.39 is 5.97 Å². The predicted molar refractivity (Wildman–Crippen MR) is 57.9 cm³/mol. The van der Waals surface area contributed by atoms with Crippen LogP contribution in [0, 0.1) is 0 Å². The van der Waals surface area contributed by atoms with Gasteiger partial charge in [0.1, 0.15) is 5.76 Å². The molecule has 0 bridgehead atoms. The second-order valence-electron chi connectivity index (χ2n) is 3.42. The number of carboxylic acids is 1. The Morgan fingerprint density at radius 2 is 2.06 bits per heavy atom. The smallest absolute Gasteiger partial charge is 0.303 e. The van der Waals surface area contributed by atoms with Crippen LogP contribution in [0.25, 0.3) is 11.1 Å². The Kier molecular flexibility index (Phi) is 3.00. The molecule has 0 saturated heterocycles. The van der Waals surface area contributed by atoms with Gasteiger partial charge in [0.25, 0.3) is 0 Å². The molecule has 1 heterocycles. The number of carbonyl (C=O) groups is 1. The van der Waals surface area contributed by atoms with Gasteiger partial charge in [0.15, 0.2) is 0 Å². The number of aryl methyl sites for hydroxylation is 1. The largest absolute Gasteiger partial charge is 0.481 e. The zero-order valence-electron chi connectivity index (χ0n) is 8.59. The van der Waals surface area contributed by atoms with E-state index in [9.17, 15) is 4.79 Å². The lowest BCUT2D eigenvalue weighted by Gasteiger charge is -1.99. The van der Waals surface area contributed by atoms with Gasteiger partial charge in [-0.1, -0.05) is 35.5 Å². The van der Waals surface area contributed by atoms with Crippen molar-refractivity contribution in [2.24, 2.45) is 0 Å². The van der Waals surface area contributed by atoms with E-state index in [0.717, 1.165) is 11.1 Å². The summed E-state index contributed by atoms with van der Waals surface area (Å²) in [5.41, 5.74) is 1.85. The van der Waals surface area contributed by atoms with Gasteiger partial charge in [-0.05, 0) is 5.56 Å². The second-order valence-corrected chi connectivity index (χ2v) is 3.42. The van der Waals surface area contributed by atoms with E-state index >= 15 is 0 Å². The third-order valence-electron chi connectivity index (χ3n) is 2.30. The first-order chi connectivity index (χ1) is 7.77. The summed E-state index contributed by atoms with van der Waals surface area (Å²) in [6, 6.07) is 9.65. The quantitative estimate of drug-likeness (QED) is 0.853. The number of hydrogen-bond acceptors (Lipinski definition) is 3. The van der Waals surface area contributed by atoms with Crippen LogP contribution >= 0.6 is 0 Å². The molecule has 0 aliphatic heterocycles. The summed E-state index contributed by atoms with van der Waals surface area (Å²) in [6.07, 6.45) is 2.03. The van der Waals surface area contributed by atoms with Crippen LogP contribution in [0.4, 0.5) is 0 Å². The highest BCUT2D eigenvalue weighted by atomic mass is 16.5. The first-order valence-corrected chi connectivity index (χ1v) is 4.98. The van der Waals surface area contributed by atoms with Gasteiger partial charge in [0.05, 0.1) is 12.6 Å². The highest BCUT2D eigenvalue weighted by molar-refractivity contribution is 5.69. The number of benzene rings is 1. The van der Waals surface area contributed by atoms with E-state index in [0.29, 0.717) is 12.2 Å². The molecule has 1 aromatic carbocycles. The van der Waals surface area contributed by atoms with Crippen molar-refractivity contribution >= 4 is 5.97 Å². The van der Waals surface area contributed by atoms with Crippen LogP contribution in [0.5, 0.6) is 0 Å². The van der Waals surface area contributed by atoms with Crippen molar-refractivity contribution in [3.05, 3.63) is 42.3 Å².